The highest BCUT2D eigenvalue weighted by Gasteiger charge is 2.34. The van der Waals surface area contributed by atoms with E-state index in [1.165, 1.54) is 4.90 Å². The Hall–Kier alpha value is -3.48. The fourth-order valence-electron chi connectivity index (χ4n) is 2.84. The molecule has 0 radical (unpaired) electrons. The first-order valence-electron chi connectivity index (χ1n) is 7.85. The third kappa shape index (κ3) is 2.55. The molecule has 1 aliphatic rings. The van der Waals surface area contributed by atoms with Crippen molar-refractivity contribution in [1.82, 2.24) is 14.8 Å². The van der Waals surface area contributed by atoms with E-state index in [-0.39, 0.29) is 17.5 Å². The van der Waals surface area contributed by atoms with Crippen LogP contribution < -0.4 is 10.2 Å². The molecule has 1 unspecified atom stereocenters. The molecule has 0 spiro atoms. The third-order valence-electron chi connectivity index (χ3n) is 4.10. The lowest BCUT2D eigenvalue weighted by Crippen LogP contribution is -2.49. The molecule has 0 saturated heterocycles. The number of pyridine rings is 1. The number of nitrogens with one attached hydrogen (secondary N) is 1. The summed E-state index contributed by atoms with van der Waals surface area (Å²) in [5, 5.41) is 6.94. The molecule has 7 nitrogen and oxygen atoms in total. The van der Waals surface area contributed by atoms with Gasteiger partial charge in [0, 0.05) is 12.4 Å². The van der Waals surface area contributed by atoms with Gasteiger partial charge in [0.05, 0.1) is 11.4 Å². The average molecular weight is 333 g/mol. The van der Waals surface area contributed by atoms with Crippen molar-refractivity contribution in [3.8, 4) is 5.82 Å². The van der Waals surface area contributed by atoms with E-state index in [0.29, 0.717) is 17.2 Å². The maximum absolute atomic E-state index is 13.1. The van der Waals surface area contributed by atoms with Gasteiger partial charge >= 0.3 is 0 Å². The summed E-state index contributed by atoms with van der Waals surface area (Å²) in [5.41, 5.74) is 1.53. The smallest absolute Gasteiger partial charge is 0.277 e. The second kappa shape index (κ2) is 5.86. The van der Waals surface area contributed by atoms with Gasteiger partial charge in [0.15, 0.2) is 5.82 Å². The number of hydrogen-bond acceptors (Lipinski definition) is 4. The van der Waals surface area contributed by atoms with Gasteiger partial charge in [0.2, 0.25) is 5.91 Å². The van der Waals surface area contributed by atoms with Gasteiger partial charge < -0.3 is 5.32 Å². The zero-order valence-corrected chi connectivity index (χ0v) is 13.5. The number of nitrogens with zero attached hydrogens (tertiary/aromatic N) is 4. The quantitative estimate of drug-likeness (QED) is 0.780. The lowest BCUT2D eigenvalue weighted by molar-refractivity contribution is -0.117. The van der Waals surface area contributed by atoms with Gasteiger partial charge in [-0.3, -0.25) is 14.5 Å². The van der Waals surface area contributed by atoms with E-state index >= 15 is 0 Å². The Kier molecular flexibility index (Phi) is 3.53. The van der Waals surface area contributed by atoms with Crippen molar-refractivity contribution < 1.29 is 9.59 Å². The molecule has 1 aliphatic heterocycles. The average Bonchev–Trinajstić information content (AvgIpc) is 3.17. The van der Waals surface area contributed by atoms with Crippen LogP contribution in [0.1, 0.15) is 17.4 Å². The molecule has 7 heteroatoms. The van der Waals surface area contributed by atoms with Crippen LogP contribution in [0.2, 0.25) is 0 Å². The molecular formula is C18H15N5O2. The fourth-order valence-corrected chi connectivity index (χ4v) is 2.84. The number of anilines is 2. The van der Waals surface area contributed by atoms with E-state index < -0.39 is 6.04 Å². The first-order valence-corrected chi connectivity index (χ1v) is 7.85. The Balaban J connectivity index is 1.76. The van der Waals surface area contributed by atoms with Crippen LogP contribution in [0.5, 0.6) is 0 Å². The predicted octanol–water partition coefficient (Wildman–Crippen LogP) is 2.25. The van der Waals surface area contributed by atoms with Gasteiger partial charge in [0.25, 0.3) is 5.91 Å². The first-order chi connectivity index (χ1) is 12.1. The van der Waals surface area contributed by atoms with Crippen LogP contribution in [0.4, 0.5) is 11.4 Å². The molecule has 1 atom stereocenters. The number of aromatic nitrogens is 3. The molecular weight excluding hydrogens is 318 g/mol. The summed E-state index contributed by atoms with van der Waals surface area (Å²) >= 11 is 0. The van der Waals surface area contributed by atoms with Gasteiger partial charge in [-0.25, -0.2) is 9.67 Å². The van der Waals surface area contributed by atoms with Crippen molar-refractivity contribution in [2.75, 3.05) is 10.2 Å². The number of benzene rings is 1. The van der Waals surface area contributed by atoms with Crippen molar-refractivity contribution >= 4 is 23.2 Å². The summed E-state index contributed by atoms with van der Waals surface area (Å²) in [4.78, 5) is 31.2. The molecule has 2 aromatic heterocycles. The van der Waals surface area contributed by atoms with Crippen LogP contribution in [0.3, 0.4) is 0 Å². The monoisotopic (exact) mass is 333 g/mol. The van der Waals surface area contributed by atoms with Crippen molar-refractivity contribution in [1.29, 1.82) is 0 Å². The number of carbonyl (C=O) groups is 2. The molecule has 3 aromatic rings. The number of carbonyl (C=O) groups excluding carboxylic acids is 2. The van der Waals surface area contributed by atoms with Crippen LogP contribution in [-0.4, -0.2) is 32.6 Å². The molecule has 0 bridgehead atoms. The molecule has 4 rings (SSSR count). The number of hydrogen-bond donors (Lipinski definition) is 1. The van der Waals surface area contributed by atoms with E-state index in [4.69, 9.17) is 0 Å². The highest BCUT2D eigenvalue weighted by molar-refractivity contribution is 6.15. The minimum atomic E-state index is -0.627. The largest absolute Gasteiger partial charge is 0.322 e. The van der Waals surface area contributed by atoms with Crippen molar-refractivity contribution in [2.45, 2.75) is 13.0 Å². The summed E-state index contributed by atoms with van der Waals surface area (Å²) in [7, 11) is 0. The molecule has 0 fully saturated rings. The highest BCUT2D eigenvalue weighted by atomic mass is 16.2. The molecule has 25 heavy (non-hydrogen) atoms. The number of fused-ring (bicyclic) bond motifs is 1. The van der Waals surface area contributed by atoms with Crippen LogP contribution in [0, 0.1) is 0 Å². The van der Waals surface area contributed by atoms with Crippen LogP contribution >= 0.6 is 0 Å². The van der Waals surface area contributed by atoms with Crippen molar-refractivity contribution in [3.63, 3.8) is 0 Å². The van der Waals surface area contributed by atoms with E-state index in [2.05, 4.69) is 15.4 Å². The zero-order chi connectivity index (χ0) is 17.4. The minimum absolute atomic E-state index is 0.227. The summed E-state index contributed by atoms with van der Waals surface area (Å²) < 4.78 is 1.58. The molecule has 124 valence electrons. The van der Waals surface area contributed by atoms with E-state index in [1.807, 2.05) is 12.1 Å². The van der Waals surface area contributed by atoms with Crippen LogP contribution in [-0.2, 0) is 4.79 Å². The molecule has 0 saturated carbocycles. The molecule has 1 aromatic carbocycles. The number of amides is 2. The Bertz CT molecular complexity index is 952. The molecule has 0 aliphatic carbocycles. The first kappa shape index (κ1) is 15.1. The normalized spacial score (nSPS) is 16.3. The summed E-state index contributed by atoms with van der Waals surface area (Å²) in [6, 6.07) is 13.5. The van der Waals surface area contributed by atoms with E-state index in [0.717, 1.165) is 0 Å². The number of para-hydroxylation sites is 2. The van der Waals surface area contributed by atoms with Gasteiger partial charge in [-0.15, -0.1) is 0 Å². The number of rotatable bonds is 2. The summed E-state index contributed by atoms with van der Waals surface area (Å²) in [6.07, 6.45) is 3.40. The predicted molar refractivity (Wildman–Crippen MR) is 92.7 cm³/mol. The van der Waals surface area contributed by atoms with Gasteiger partial charge in [0.1, 0.15) is 11.7 Å². The highest BCUT2D eigenvalue weighted by Crippen LogP contribution is 2.32. The summed E-state index contributed by atoms with van der Waals surface area (Å²) in [5.74, 6) is -0.0164. The lowest BCUT2D eigenvalue weighted by Gasteiger charge is -2.34. The van der Waals surface area contributed by atoms with Gasteiger partial charge in [-0.05, 0) is 37.3 Å². The van der Waals surface area contributed by atoms with Crippen molar-refractivity contribution in [2.24, 2.45) is 0 Å². The van der Waals surface area contributed by atoms with E-state index in [1.54, 1.807) is 60.4 Å². The Morgan fingerprint density at radius 1 is 1.12 bits per heavy atom. The Morgan fingerprint density at radius 3 is 2.76 bits per heavy atom. The minimum Gasteiger partial charge on any atom is -0.322 e. The standard InChI is InChI=1S/C18H15N5O2/c1-12-17(24)21-13-6-2-3-8-15(13)23(12)18(25)14-7-4-9-16(20-14)22-11-5-10-19-22/h2-12H,1H3,(H,21,24). The summed E-state index contributed by atoms with van der Waals surface area (Å²) in [6.45, 7) is 1.69. The molecule has 3 heterocycles. The molecule has 1 N–H and O–H groups in total. The van der Waals surface area contributed by atoms with Gasteiger partial charge in [-0.2, -0.15) is 5.10 Å². The third-order valence-corrected chi connectivity index (χ3v) is 4.10. The maximum Gasteiger partial charge on any atom is 0.277 e. The Morgan fingerprint density at radius 2 is 1.96 bits per heavy atom. The second-order valence-corrected chi connectivity index (χ2v) is 5.69. The van der Waals surface area contributed by atoms with Gasteiger partial charge in [-0.1, -0.05) is 18.2 Å². The lowest BCUT2D eigenvalue weighted by atomic mass is 10.1. The topological polar surface area (TPSA) is 80.1 Å². The molecule has 2 amide bonds. The van der Waals surface area contributed by atoms with E-state index in [9.17, 15) is 9.59 Å². The van der Waals surface area contributed by atoms with Crippen LogP contribution in [0.15, 0.2) is 60.9 Å². The fraction of sp³-hybridized carbons (Fsp3) is 0.111. The maximum atomic E-state index is 13.1. The second-order valence-electron chi connectivity index (χ2n) is 5.69. The van der Waals surface area contributed by atoms with Crippen molar-refractivity contribution in [3.05, 3.63) is 66.6 Å². The SMILES string of the molecule is CC1C(=O)Nc2ccccc2N1C(=O)c1cccc(-n2cccn2)n1. The zero-order valence-electron chi connectivity index (χ0n) is 13.5. The van der Waals surface area contributed by atoms with Crippen LogP contribution in [0.25, 0.3) is 5.82 Å². The Labute approximate surface area is 143 Å².